The number of carbonyl (C=O) groups is 3. The predicted molar refractivity (Wildman–Crippen MR) is 135 cm³/mol. The fourth-order valence-electron chi connectivity index (χ4n) is 3.54. The van der Waals surface area contributed by atoms with Gasteiger partial charge in [0.2, 0.25) is 17.5 Å². The number of hydrogen-bond donors (Lipinski definition) is 2. The highest BCUT2D eigenvalue weighted by Gasteiger charge is 2.31. The van der Waals surface area contributed by atoms with Crippen molar-refractivity contribution in [3.63, 3.8) is 0 Å². The topological polar surface area (TPSA) is 129 Å². The highest BCUT2D eigenvalue weighted by Crippen LogP contribution is 2.27. The van der Waals surface area contributed by atoms with Crippen LogP contribution >= 0.6 is 0 Å². The maximum absolute atomic E-state index is 12.7. The molecular formula is C27H31N3O7. The van der Waals surface area contributed by atoms with E-state index >= 15 is 0 Å². The van der Waals surface area contributed by atoms with Gasteiger partial charge in [-0.1, -0.05) is 74.5 Å². The first kappa shape index (κ1) is 27.3. The molecule has 1 aromatic heterocycles. The lowest BCUT2D eigenvalue weighted by atomic mass is 10.0. The first-order valence-electron chi connectivity index (χ1n) is 11.8. The number of alkyl carbamates (subject to hydrolysis) is 1. The largest absolute Gasteiger partial charge is 0.467 e. The zero-order chi connectivity index (χ0) is 26.8. The average molecular weight is 510 g/mol. The van der Waals surface area contributed by atoms with Crippen molar-refractivity contribution in [2.75, 3.05) is 19.5 Å². The van der Waals surface area contributed by atoms with Crippen molar-refractivity contribution in [1.82, 2.24) is 10.3 Å². The lowest BCUT2D eigenvalue weighted by molar-refractivity contribution is -0.142. The Morgan fingerprint density at radius 1 is 0.919 bits per heavy atom. The maximum atomic E-state index is 12.7. The number of hydrogen-bond acceptors (Lipinski definition) is 9. The monoisotopic (exact) mass is 509 g/mol. The Kier molecular flexibility index (Phi) is 9.65. The molecule has 10 heteroatoms. The quantitative estimate of drug-likeness (QED) is 0.287. The van der Waals surface area contributed by atoms with Crippen LogP contribution in [0.4, 0.5) is 10.7 Å². The van der Waals surface area contributed by atoms with Gasteiger partial charge in [-0.3, -0.25) is 0 Å². The summed E-state index contributed by atoms with van der Waals surface area (Å²) in [6.07, 6.45) is -0.390. The third-order valence-corrected chi connectivity index (χ3v) is 5.52. The van der Waals surface area contributed by atoms with Gasteiger partial charge < -0.3 is 29.3 Å². The number of benzene rings is 2. The molecule has 0 saturated carbocycles. The van der Waals surface area contributed by atoms with Crippen LogP contribution in [0.15, 0.2) is 65.1 Å². The second-order valence-corrected chi connectivity index (χ2v) is 8.56. The summed E-state index contributed by atoms with van der Waals surface area (Å²) >= 11 is 0. The average Bonchev–Trinajstić information content (AvgIpc) is 3.34. The Labute approximate surface area is 215 Å². The van der Waals surface area contributed by atoms with Crippen LogP contribution in [0, 0.1) is 5.92 Å². The first-order chi connectivity index (χ1) is 17.8. The van der Waals surface area contributed by atoms with Crippen LogP contribution in [0.25, 0.3) is 0 Å². The molecule has 2 atom stereocenters. The van der Waals surface area contributed by atoms with Crippen molar-refractivity contribution in [3.8, 4) is 0 Å². The fraction of sp³-hybridized carbons (Fsp3) is 0.333. The summed E-state index contributed by atoms with van der Waals surface area (Å²) < 4.78 is 21.0. The number of methoxy groups -OCH3 is 2. The van der Waals surface area contributed by atoms with Gasteiger partial charge in [0.25, 0.3) is 0 Å². The highest BCUT2D eigenvalue weighted by atomic mass is 16.5. The van der Waals surface area contributed by atoms with Crippen molar-refractivity contribution in [2.45, 2.75) is 39.0 Å². The molecule has 3 rings (SSSR count). The SMILES string of the molecule is COC(=O)c1nc([C@H](Cc2ccccc2)NC(=O)OCc2ccccc2)oc1N[C@H](C(=O)OC)C(C)C. The molecule has 2 aromatic carbocycles. The Morgan fingerprint density at radius 3 is 2.11 bits per heavy atom. The van der Waals surface area contributed by atoms with Crippen LogP contribution in [0.3, 0.4) is 0 Å². The third-order valence-electron chi connectivity index (χ3n) is 5.52. The minimum atomic E-state index is -0.814. The van der Waals surface area contributed by atoms with Crippen LogP contribution in [0.1, 0.15) is 47.4 Å². The molecule has 0 saturated heterocycles. The Hall–Kier alpha value is -4.34. The predicted octanol–water partition coefficient (Wildman–Crippen LogP) is 4.28. The number of rotatable bonds is 11. The number of aromatic nitrogens is 1. The number of carbonyl (C=O) groups excluding carboxylic acids is 3. The molecule has 1 heterocycles. The Bertz CT molecular complexity index is 1180. The molecule has 196 valence electrons. The van der Waals surface area contributed by atoms with Gasteiger partial charge in [0.05, 0.1) is 14.2 Å². The molecule has 0 aliphatic rings. The van der Waals surface area contributed by atoms with Gasteiger partial charge in [0, 0.05) is 6.42 Å². The lowest BCUT2D eigenvalue weighted by Crippen LogP contribution is -2.35. The highest BCUT2D eigenvalue weighted by molar-refractivity contribution is 5.93. The molecule has 0 spiro atoms. The van der Waals surface area contributed by atoms with Gasteiger partial charge in [-0.25, -0.2) is 19.4 Å². The minimum Gasteiger partial charge on any atom is -0.467 e. The Balaban J connectivity index is 1.90. The van der Waals surface area contributed by atoms with E-state index in [9.17, 15) is 14.4 Å². The molecule has 0 bridgehead atoms. The van der Waals surface area contributed by atoms with E-state index in [-0.39, 0.29) is 30.0 Å². The van der Waals surface area contributed by atoms with Crippen molar-refractivity contribution in [3.05, 3.63) is 83.4 Å². The van der Waals surface area contributed by atoms with Crippen LogP contribution in [-0.4, -0.2) is 43.3 Å². The first-order valence-corrected chi connectivity index (χ1v) is 11.8. The molecule has 1 amide bonds. The van der Waals surface area contributed by atoms with Gasteiger partial charge in [-0.05, 0) is 17.0 Å². The van der Waals surface area contributed by atoms with E-state index in [0.29, 0.717) is 6.42 Å². The van der Waals surface area contributed by atoms with Crippen molar-refractivity contribution in [2.24, 2.45) is 5.92 Å². The summed E-state index contributed by atoms with van der Waals surface area (Å²) in [6, 6.07) is 17.0. The van der Waals surface area contributed by atoms with Crippen molar-refractivity contribution < 1.29 is 33.0 Å². The molecule has 10 nitrogen and oxygen atoms in total. The van der Waals surface area contributed by atoms with E-state index in [1.165, 1.54) is 14.2 Å². The number of oxazole rings is 1. The molecule has 37 heavy (non-hydrogen) atoms. The Morgan fingerprint density at radius 2 is 1.54 bits per heavy atom. The van der Waals surface area contributed by atoms with Gasteiger partial charge in [0.15, 0.2) is 0 Å². The van der Waals surface area contributed by atoms with E-state index in [2.05, 4.69) is 15.6 Å². The molecule has 0 aliphatic heterocycles. The summed E-state index contributed by atoms with van der Waals surface area (Å²) in [7, 11) is 2.48. The van der Waals surface area contributed by atoms with E-state index in [1.807, 2.05) is 74.5 Å². The van der Waals surface area contributed by atoms with Crippen LogP contribution in [0.2, 0.25) is 0 Å². The fourth-order valence-corrected chi connectivity index (χ4v) is 3.54. The van der Waals surface area contributed by atoms with Crippen molar-refractivity contribution in [1.29, 1.82) is 0 Å². The van der Waals surface area contributed by atoms with E-state index in [0.717, 1.165) is 11.1 Å². The van der Waals surface area contributed by atoms with E-state index in [1.54, 1.807) is 0 Å². The van der Waals surface area contributed by atoms with Gasteiger partial charge >= 0.3 is 18.0 Å². The zero-order valence-corrected chi connectivity index (χ0v) is 21.2. The molecule has 0 radical (unpaired) electrons. The number of anilines is 1. The second kappa shape index (κ2) is 13.1. The van der Waals surface area contributed by atoms with Crippen LogP contribution in [0.5, 0.6) is 0 Å². The summed E-state index contributed by atoms with van der Waals surface area (Å²) in [5.74, 6) is -1.53. The number of ether oxygens (including phenoxy) is 3. The minimum absolute atomic E-state index is 0.0378. The molecular weight excluding hydrogens is 478 g/mol. The number of esters is 2. The number of nitrogens with one attached hydrogen (secondary N) is 2. The summed E-state index contributed by atoms with van der Waals surface area (Å²) in [6.45, 7) is 3.70. The lowest BCUT2D eigenvalue weighted by Gasteiger charge is -2.19. The summed E-state index contributed by atoms with van der Waals surface area (Å²) in [5, 5.41) is 5.67. The van der Waals surface area contributed by atoms with Gasteiger partial charge in [0.1, 0.15) is 18.7 Å². The van der Waals surface area contributed by atoms with E-state index < -0.39 is 30.1 Å². The van der Waals surface area contributed by atoms with Crippen LogP contribution in [-0.2, 0) is 32.0 Å². The number of amides is 1. The standard InChI is InChI=1S/C27H31N3O7/c1-17(2)21(25(31)34-3)29-24-22(26(32)35-4)30-23(37-24)20(15-18-11-7-5-8-12-18)28-27(33)36-16-19-13-9-6-10-14-19/h5-14,17,20-21,29H,15-16H2,1-4H3,(H,28,33)/t20-,21-/m0/s1. The molecule has 0 aliphatic carbocycles. The van der Waals surface area contributed by atoms with Crippen molar-refractivity contribution >= 4 is 23.9 Å². The molecule has 3 aromatic rings. The molecule has 0 fully saturated rings. The second-order valence-electron chi connectivity index (χ2n) is 8.56. The third kappa shape index (κ3) is 7.57. The van der Waals surface area contributed by atoms with Gasteiger partial charge in [-0.15, -0.1) is 0 Å². The van der Waals surface area contributed by atoms with E-state index in [4.69, 9.17) is 18.6 Å². The number of nitrogens with zero attached hydrogens (tertiary/aromatic N) is 1. The molecule has 0 unspecified atom stereocenters. The summed E-state index contributed by atoms with van der Waals surface area (Å²) in [5.41, 5.74) is 1.55. The van der Waals surface area contributed by atoms with Gasteiger partial charge in [-0.2, -0.15) is 0 Å². The zero-order valence-electron chi connectivity index (χ0n) is 21.2. The maximum Gasteiger partial charge on any atom is 0.408 e. The smallest absolute Gasteiger partial charge is 0.408 e. The van der Waals surface area contributed by atoms with Crippen LogP contribution < -0.4 is 10.6 Å². The molecule has 2 N–H and O–H groups in total. The summed E-state index contributed by atoms with van der Waals surface area (Å²) in [4.78, 5) is 41.8. The normalized spacial score (nSPS) is 12.4.